The molecule has 0 aliphatic rings. The van der Waals surface area contributed by atoms with Crippen molar-refractivity contribution in [2.75, 3.05) is 12.0 Å². The lowest BCUT2D eigenvalue weighted by atomic mass is 10.1. The molecule has 1 N–H and O–H groups in total. The Bertz CT molecular complexity index is 465. The molecule has 1 atom stereocenters. The van der Waals surface area contributed by atoms with E-state index in [1.165, 1.54) is 6.26 Å². The lowest BCUT2D eigenvalue weighted by molar-refractivity contribution is 0.157. The maximum absolute atomic E-state index is 11.0. The van der Waals surface area contributed by atoms with Crippen LogP contribution in [0, 0.1) is 0 Å². The SMILES string of the molecule is CCc1cc(C(O)CCCS(C)(=O)=O)n(C)n1. The van der Waals surface area contributed by atoms with E-state index in [0.717, 1.165) is 17.8 Å². The Morgan fingerprint density at radius 3 is 2.65 bits per heavy atom. The van der Waals surface area contributed by atoms with Crippen LogP contribution in [0.3, 0.4) is 0 Å². The van der Waals surface area contributed by atoms with Gasteiger partial charge >= 0.3 is 0 Å². The molecule has 98 valence electrons. The van der Waals surface area contributed by atoms with Crippen molar-refractivity contribution >= 4 is 9.84 Å². The monoisotopic (exact) mass is 260 g/mol. The summed E-state index contributed by atoms with van der Waals surface area (Å²) in [5.74, 6) is 0.114. The van der Waals surface area contributed by atoms with E-state index in [1.54, 1.807) is 11.7 Å². The number of aliphatic hydroxyl groups is 1. The Labute approximate surface area is 102 Å². The third-order valence-electron chi connectivity index (χ3n) is 2.66. The molecule has 0 saturated heterocycles. The van der Waals surface area contributed by atoms with E-state index in [-0.39, 0.29) is 5.75 Å². The lowest BCUT2D eigenvalue weighted by Gasteiger charge is -2.10. The number of sulfone groups is 1. The van der Waals surface area contributed by atoms with Gasteiger partial charge in [0.1, 0.15) is 9.84 Å². The molecular weight excluding hydrogens is 240 g/mol. The number of aryl methyl sites for hydroxylation is 2. The van der Waals surface area contributed by atoms with Crippen LogP contribution in [-0.2, 0) is 23.3 Å². The highest BCUT2D eigenvalue weighted by Gasteiger charge is 2.14. The van der Waals surface area contributed by atoms with E-state index in [1.807, 2.05) is 13.0 Å². The van der Waals surface area contributed by atoms with Gasteiger partial charge < -0.3 is 5.11 Å². The molecule has 0 amide bonds. The topological polar surface area (TPSA) is 72.2 Å². The maximum atomic E-state index is 11.0. The molecule has 0 saturated carbocycles. The zero-order valence-corrected chi connectivity index (χ0v) is 11.4. The third-order valence-corrected chi connectivity index (χ3v) is 3.69. The second-order valence-corrected chi connectivity index (χ2v) is 6.59. The number of rotatable bonds is 6. The predicted octanol–water partition coefficient (Wildman–Crippen LogP) is 0.841. The molecule has 5 nitrogen and oxygen atoms in total. The van der Waals surface area contributed by atoms with Crippen LogP contribution in [0.5, 0.6) is 0 Å². The molecule has 1 aromatic heterocycles. The predicted molar refractivity (Wildman–Crippen MR) is 66.5 cm³/mol. The highest BCUT2D eigenvalue weighted by molar-refractivity contribution is 7.90. The normalized spacial score (nSPS) is 13.9. The Kier molecular flexibility index (Phi) is 4.70. The smallest absolute Gasteiger partial charge is 0.147 e. The van der Waals surface area contributed by atoms with Crippen molar-refractivity contribution in [1.29, 1.82) is 0 Å². The largest absolute Gasteiger partial charge is 0.387 e. The van der Waals surface area contributed by atoms with E-state index in [9.17, 15) is 13.5 Å². The van der Waals surface area contributed by atoms with Crippen LogP contribution in [0.2, 0.25) is 0 Å². The number of aliphatic hydroxyl groups excluding tert-OH is 1. The summed E-state index contributed by atoms with van der Waals surface area (Å²) < 4.78 is 23.6. The fourth-order valence-electron chi connectivity index (χ4n) is 1.71. The van der Waals surface area contributed by atoms with Crippen molar-refractivity contribution in [3.8, 4) is 0 Å². The van der Waals surface area contributed by atoms with Crippen molar-refractivity contribution in [3.63, 3.8) is 0 Å². The number of hydrogen-bond acceptors (Lipinski definition) is 4. The van der Waals surface area contributed by atoms with Crippen LogP contribution >= 0.6 is 0 Å². The average molecular weight is 260 g/mol. The Morgan fingerprint density at radius 1 is 1.53 bits per heavy atom. The van der Waals surface area contributed by atoms with E-state index in [4.69, 9.17) is 0 Å². The summed E-state index contributed by atoms with van der Waals surface area (Å²) in [5, 5.41) is 14.2. The third kappa shape index (κ3) is 4.47. The van der Waals surface area contributed by atoms with Crippen LogP contribution in [0.1, 0.15) is 37.3 Å². The van der Waals surface area contributed by atoms with Gasteiger partial charge in [-0.1, -0.05) is 6.92 Å². The van der Waals surface area contributed by atoms with Crippen molar-refractivity contribution in [3.05, 3.63) is 17.5 Å². The summed E-state index contributed by atoms with van der Waals surface area (Å²) in [4.78, 5) is 0. The zero-order chi connectivity index (χ0) is 13.1. The summed E-state index contributed by atoms with van der Waals surface area (Å²) >= 11 is 0. The minimum atomic E-state index is -2.95. The summed E-state index contributed by atoms with van der Waals surface area (Å²) in [7, 11) is -1.16. The highest BCUT2D eigenvalue weighted by Crippen LogP contribution is 2.19. The molecule has 1 heterocycles. The minimum Gasteiger partial charge on any atom is -0.387 e. The maximum Gasteiger partial charge on any atom is 0.147 e. The first-order valence-corrected chi connectivity index (χ1v) is 7.78. The van der Waals surface area contributed by atoms with Crippen molar-refractivity contribution in [2.45, 2.75) is 32.3 Å². The summed E-state index contributed by atoms with van der Waals surface area (Å²) in [5.41, 5.74) is 1.68. The summed E-state index contributed by atoms with van der Waals surface area (Å²) in [6.45, 7) is 2.00. The molecule has 6 heteroatoms. The molecule has 0 bridgehead atoms. The van der Waals surface area contributed by atoms with Gasteiger partial charge in [0.2, 0.25) is 0 Å². The Hall–Kier alpha value is -0.880. The van der Waals surface area contributed by atoms with Gasteiger partial charge in [0.05, 0.1) is 17.5 Å². The fraction of sp³-hybridized carbons (Fsp3) is 0.727. The van der Waals surface area contributed by atoms with Crippen LogP contribution in [0.25, 0.3) is 0 Å². The molecule has 1 rings (SSSR count). The molecule has 0 aliphatic heterocycles. The molecule has 1 unspecified atom stereocenters. The van der Waals surface area contributed by atoms with Gasteiger partial charge in [0, 0.05) is 19.1 Å². The van der Waals surface area contributed by atoms with Crippen LogP contribution in [0.4, 0.5) is 0 Å². The summed E-state index contributed by atoms with van der Waals surface area (Å²) in [6.07, 6.45) is 2.29. The number of nitrogens with zero attached hydrogens (tertiary/aromatic N) is 2. The standard InChI is InChI=1S/C11H20N2O3S/c1-4-9-8-10(13(2)12-9)11(14)6-5-7-17(3,15)16/h8,11,14H,4-7H2,1-3H3. The van der Waals surface area contributed by atoms with E-state index < -0.39 is 15.9 Å². The van der Waals surface area contributed by atoms with Crippen LogP contribution in [-0.4, -0.2) is 35.3 Å². The first kappa shape index (κ1) is 14.2. The van der Waals surface area contributed by atoms with Crippen molar-refractivity contribution in [1.82, 2.24) is 9.78 Å². The molecule has 0 radical (unpaired) electrons. The Balaban J connectivity index is 2.57. The Morgan fingerprint density at radius 2 is 2.18 bits per heavy atom. The van der Waals surface area contributed by atoms with Gasteiger partial charge in [0.25, 0.3) is 0 Å². The zero-order valence-electron chi connectivity index (χ0n) is 10.5. The molecule has 1 aromatic rings. The summed E-state index contributed by atoms with van der Waals surface area (Å²) in [6, 6.07) is 1.87. The van der Waals surface area contributed by atoms with E-state index in [0.29, 0.717) is 12.8 Å². The van der Waals surface area contributed by atoms with Gasteiger partial charge in [-0.2, -0.15) is 5.10 Å². The van der Waals surface area contributed by atoms with Crippen molar-refractivity contribution in [2.24, 2.45) is 7.05 Å². The minimum absolute atomic E-state index is 0.114. The average Bonchev–Trinajstić information content (AvgIpc) is 2.57. The molecular formula is C11H20N2O3S. The van der Waals surface area contributed by atoms with Crippen LogP contribution in [0.15, 0.2) is 6.07 Å². The number of aromatic nitrogens is 2. The van der Waals surface area contributed by atoms with E-state index in [2.05, 4.69) is 5.10 Å². The first-order valence-electron chi connectivity index (χ1n) is 5.72. The van der Waals surface area contributed by atoms with Gasteiger partial charge in [-0.05, 0) is 25.3 Å². The first-order chi connectivity index (χ1) is 7.83. The second kappa shape index (κ2) is 5.64. The molecule has 17 heavy (non-hydrogen) atoms. The van der Waals surface area contributed by atoms with Gasteiger partial charge in [-0.15, -0.1) is 0 Å². The number of hydrogen-bond donors (Lipinski definition) is 1. The molecule has 0 aliphatic carbocycles. The fourth-order valence-corrected chi connectivity index (χ4v) is 2.41. The lowest BCUT2D eigenvalue weighted by Crippen LogP contribution is -2.08. The van der Waals surface area contributed by atoms with Crippen LogP contribution < -0.4 is 0 Å². The highest BCUT2D eigenvalue weighted by atomic mass is 32.2. The molecule has 0 fully saturated rings. The second-order valence-electron chi connectivity index (χ2n) is 4.33. The van der Waals surface area contributed by atoms with Gasteiger partial charge in [-0.3, -0.25) is 4.68 Å². The quantitative estimate of drug-likeness (QED) is 0.822. The molecule has 0 aromatic carbocycles. The van der Waals surface area contributed by atoms with Gasteiger partial charge in [0.15, 0.2) is 0 Å². The van der Waals surface area contributed by atoms with E-state index >= 15 is 0 Å². The van der Waals surface area contributed by atoms with Gasteiger partial charge in [-0.25, -0.2) is 8.42 Å². The molecule has 0 spiro atoms. The van der Waals surface area contributed by atoms with Crippen molar-refractivity contribution < 1.29 is 13.5 Å².